The predicted molar refractivity (Wildman–Crippen MR) is 92.5 cm³/mol. The fraction of sp³-hybridized carbons (Fsp3) is 1.00. The second-order valence-electron chi connectivity index (χ2n) is 7.18. The van der Waals surface area contributed by atoms with Crippen LogP contribution in [0.25, 0.3) is 0 Å². The van der Waals surface area contributed by atoms with E-state index in [4.69, 9.17) is 24.1 Å². The number of methoxy groups -OCH3 is 1. The highest BCUT2D eigenvalue weighted by atomic mass is 16.7. The third-order valence-electron chi connectivity index (χ3n) is 5.38. The van der Waals surface area contributed by atoms with Crippen molar-refractivity contribution >= 4 is 0 Å². The van der Waals surface area contributed by atoms with E-state index in [1.807, 2.05) is 0 Å². The van der Waals surface area contributed by atoms with E-state index in [9.17, 15) is 15.3 Å². The Morgan fingerprint density at radius 3 is 2.50 bits per heavy atom. The molecule has 1 saturated carbocycles. The zero-order chi connectivity index (χ0) is 18.9. The Balaban J connectivity index is 1.83. The van der Waals surface area contributed by atoms with Gasteiger partial charge in [0.25, 0.3) is 0 Å². The lowest BCUT2D eigenvalue weighted by atomic mass is 9.90. The van der Waals surface area contributed by atoms with Gasteiger partial charge in [-0.1, -0.05) is 0 Å². The van der Waals surface area contributed by atoms with Crippen LogP contribution >= 0.6 is 0 Å². The Kier molecular flexibility index (Phi) is 9.73. The van der Waals surface area contributed by atoms with Crippen LogP contribution in [0.15, 0.2) is 0 Å². The zero-order valence-corrected chi connectivity index (χ0v) is 15.5. The maximum Gasteiger partial charge on any atom is 0.162 e. The van der Waals surface area contributed by atoms with Crippen LogP contribution < -0.4 is 0 Å². The lowest BCUT2D eigenvalue weighted by molar-refractivity contribution is -0.186. The predicted octanol–water partition coefficient (Wildman–Crippen LogP) is -0.338. The lowest BCUT2D eigenvalue weighted by Gasteiger charge is -2.31. The van der Waals surface area contributed by atoms with E-state index in [1.165, 1.54) is 7.11 Å². The first-order chi connectivity index (χ1) is 12.6. The summed E-state index contributed by atoms with van der Waals surface area (Å²) in [5.41, 5.74) is 0. The molecule has 2 fully saturated rings. The molecule has 2 rings (SSSR count). The molecule has 1 saturated heterocycles. The van der Waals surface area contributed by atoms with Gasteiger partial charge in [-0.15, -0.1) is 0 Å². The maximum absolute atomic E-state index is 10.4. The third kappa shape index (κ3) is 6.38. The Morgan fingerprint density at radius 1 is 1.12 bits per heavy atom. The first-order valence-electron chi connectivity index (χ1n) is 9.55. The largest absolute Gasteiger partial charge is 0.394 e. The molecule has 0 spiro atoms. The first kappa shape index (κ1) is 22.0. The SMILES string of the molecule is CO[C@H](OCCC(O)CO)[C@H]1[C@H](CCOC2CCOCC2)[C@H](O)C[C@@H]1O. The molecule has 8 nitrogen and oxygen atoms in total. The number of aliphatic hydroxyl groups is 4. The van der Waals surface area contributed by atoms with Crippen molar-refractivity contribution < 1.29 is 39.4 Å². The van der Waals surface area contributed by atoms with Gasteiger partial charge in [-0.2, -0.15) is 0 Å². The fourth-order valence-corrected chi connectivity index (χ4v) is 3.85. The van der Waals surface area contributed by atoms with Crippen LogP contribution in [0.4, 0.5) is 0 Å². The molecule has 1 unspecified atom stereocenters. The van der Waals surface area contributed by atoms with E-state index in [2.05, 4.69) is 0 Å². The monoisotopic (exact) mass is 378 g/mol. The van der Waals surface area contributed by atoms with Gasteiger partial charge in [0.15, 0.2) is 6.29 Å². The minimum absolute atomic E-state index is 0.183. The first-order valence-corrected chi connectivity index (χ1v) is 9.55. The maximum atomic E-state index is 10.4. The molecule has 154 valence electrons. The summed E-state index contributed by atoms with van der Waals surface area (Å²) in [6.07, 6.45) is 0.281. The van der Waals surface area contributed by atoms with E-state index in [-0.39, 0.29) is 44.0 Å². The van der Waals surface area contributed by atoms with Crippen molar-refractivity contribution in [2.24, 2.45) is 11.8 Å². The molecule has 0 aromatic heterocycles. The molecule has 6 atom stereocenters. The molecule has 26 heavy (non-hydrogen) atoms. The van der Waals surface area contributed by atoms with Crippen molar-refractivity contribution in [3.8, 4) is 0 Å². The molecule has 0 bridgehead atoms. The second-order valence-corrected chi connectivity index (χ2v) is 7.18. The average molecular weight is 378 g/mol. The molecule has 0 aromatic rings. The molecule has 4 N–H and O–H groups in total. The van der Waals surface area contributed by atoms with Crippen LogP contribution in [0.2, 0.25) is 0 Å². The molecule has 1 heterocycles. The summed E-state index contributed by atoms with van der Waals surface area (Å²) in [4.78, 5) is 0. The van der Waals surface area contributed by atoms with Gasteiger partial charge in [0, 0.05) is 32.8 Å². The van der Waals surface area contributed by atoms with Gasteiger partial charge in [0.2, 0.25) is 0 Å². The quantitative estimate of drug-likeness (QED) is 0.361. The number of ether oxygens (including phenoxy) is 4. The van der Waals surface area contributed by atoms with Crippen LogP contribution in [-0.4, -0.2) is 91.3 Å². The van der Waals surface area contributed by atoms with Crippen LogP contribution in [0, 0.1) is 11.8 Å². The van der Waals surface area contributed by atoms with Crippen molar-refractivity contribution in [1.82, 2.24) is 0 Å². The summed E-state index contributed by atoms with van der Waals surface area (Å²) >= 11 is 0. The smallest absolute Gasteiger partial charge is 0.162 e. The van der Waals surface area contributed by atoms with E-state index in [0.29, 0.717) is 13.0 Å². The van der Waals surface area contributed by atoms with Crippen molar-refractivity contribution in [2.75, 3.05) is 40.1 Å². The summed E-state index contributed by atoms with van der Waals surface area (Å²) in [7, 11) is 1.50. The molecule has 2 aliphatic rings. The van der Waals surface area contributed by atoms with Crippen molar-refractivity contribution in [3.05, 3.63) is 0 Å². The van der Waals surface area contributed by atoms with Gasteiger partial charge in [0.1, 0.15) is 0 Å². The lowest BCUT2D eigenvalue weighted by Crippen LogP contribution is -2.38. The summed E-state index contributed by atoms with van der Waals surface area (Å²) in [6, 6.07) is 0. The molecule has 0 amide bonds. The number of aliphatic hydroxyl groups excluding tert-OH is 4. The Labute approximate surface area is 155 Å². The summed E-state index contributed by atoms with van der Waals surface area (Å²) < 4.78 is 22.3. The number of hydrogen-bond donors (Lipinski definition) is 4. The molecular weight excluding hydrogens is 344 g/mol. The molecule has 0 aromatic carbocycles. The van der Waals surface area contributed by atoms with E-state index in [1.54, 1.807) is 0 Å². The topological polar surface area (TPSA) is 118 Å². The molecule has 8 heteroatoms. The van der Waals surface area contributed by atoms with Gasteiger partial charge >= 0.3 is 0 Å². The normalized spacial score (nSPS) is 32.7. The highest BCUT2D eigenvalue weighted by Crippen LogP contribution is 2.38. The van der Waals surface area contributed by atoms with Gasteiger partial charge < -0.3 is 39.4 Å². The van der Waals surface area contributed by atoms with Gasteiger partial charge in [0.05, 0.1) is 37.6 Å². The van der Waals surface area contributed by atoms with Gasteiger partial charge in [-0.25, -0.2) is 0 Å². The summed E-state index contributed by atoms with van der Waals surface area (Å²) in [5.74, 6) is -0.544. The molecular formula is C18H34O8. The molecule has 0 radical (unpaired) electrons. The van der Waals surface area contributed by atoms with E-state index in [0.717, 1.165) is 26.1 Å². The standard InChI is InChI=1S/C18H34O8/c1-23-18(26-8-2-12(20)11-19)17-14(15(21)10-16(17)22)5-9-25-13-3-6-24-7-4-13/h12-22H,2-11H2,1H3/t12?,14-,15-,16+,17+,18-/m1/s1. The Morgan fingerprint density at radius 2 is 1.85 bits per heavy atom. The van der Waals surface area contributed by atoms with Crippen LogP contribution in [0.5, 0.6) is 0 Å². The van der Waals surface area contributed by atoms with Gasteiger partial charge in [-0.05, 0) is 38.0 Å². The second kappa shape index (κ2) is 11.5. The van der Waals surface area contributed by atoms with Crippen molar-refractivity contribution in [2.45, 2.75) is 62.8 Å². The minimum atomic E-state index is -0.838. The third-order valence-corrected chi connectivity index (χ3v) is 5.38. The number of rotatable bonds is 11. The minimum Gasteiger partial charge on any atom is -0.394 e. The summed E-state index contributed by atoms with van der Waals surface area (Å²) in [6.45, 7) is 1.83. The Bertz CT molecular complexity index is 376. The van der Waals surface area contributed by atoms with E-state index >= 15 is 0 Å². The number of hydrogen-bond acceptors (Lipinski definition) is 8. The molecule has 1 aliphatic heterocycles. The zero-order valence-electron chi connectivity index (χ0n) is 15.5. The fourth-order valence-electron chi connectivity index (χ4n) is 3.85. The van der Waals surface area contributed by atoms with Crippen LogP contribution in [0.3, 0.4) is 0 Å². The van der Waals surface area contributed by atoms with Crippen molar-refractivity contribution in [3.63, 3.8) is 0 Å². The molecule has 1 aliphatic carbocycles. The van der Waals surface area contributed by atoms with Gasteiger partial charge in [-0.3, -0.25) is 0 Å². The highest BCUT2D eigenvalue weighted by molar-refractivity contribution is 4.93. The van der Waals surface area contributed by atoms with Crippen LogP contribution in [0.1, 0.15) is 32.1 Å². The van der Waals surface area contributed by atoms with Crippen molar-refractivity contribution in [1.29, 1.82) is 0 Å². The average Bonchev–Trinajstić information content (AvgIpc) is 2.93. The van der Waals surface area contributed by atoms with Crippen LogP contribution in [-0.2, 0) is 18.9 Å². The highest BCUT2D eigenvalue weighted by Gasteiger charge is 2.46. The van der Waals surface area contributed by atoms with E-state index < -0.39 is 24.6 Å². The summed E-state index contributed by atoms with van der Waals surface area (Å²) in [5, 5.41) is 39.0. The Hall–Kier alpha value is -0.320.